The number of hydrogen-bond donors (Lipinski definition) is 1. The molecule has 0 unspecified atom stereocenters. The first-order valence-corrected chi connectivity index (χ1v) is 7.38. The fourth-order valence-corrected chi connectivity index (χ4v) is 2.28. The maximum atomic E-state index is 11.9. The van der Waals surface area contributed by atoms with Crippen molar-refractivity contribution in [2.75, 3.05) is 32.8 Å². The number of rotatable bonds is 5. The van der Waals surface area contributed by atoms with E-state index >= 15 is 0 Å². The largest absolute Gasteiger partial charge is 0.493 e. The van der Waals surface area contributed by atoms with E-state index in [1.54, 1.807) is 0 Å². The molecular formula is C16H24N2O2. The molecule has 1 amide bonds. The van der Waals surface area contributed by atoms with Gasteiger partial charge in [-0.15, -0.1) is 0 Å². The molecule has 4 nitrogen and oxygen atoms in total. The first-order chi connectivity index (χ1) is 9.66. The lowest BCUT2D eigenvalue weighted by Crippen LogP contribution is -2.46. The summed E-state index contributed by atoms with van der Waals surface area (Å²) in [7, 11) is 0. The molecule has 0 saturated carbocycles. The molecule has 1 aromatic carbocycles. The van der Waals surface area contributed by atoms with E-state index in [1.807, 2.05) is 17.0 Å². The van der Waals surface area contributed by atoms with E-state index in [0.29, 0.717) is 18.9 Å². The predicted octanol–water partition coefficient (Wildman–Crippen LogP) is 2.01. The highest BCUT2D eigenvalue weighted by Gasteiger charge is 2.15. The van der Waals surface area contributed by atoms with Gasteiger partial charge in [0, 0.05) is 26.2 Å². The third kappa shape index (κ3) is 4.23. The SMILES string of the molecule is CC(C)c1ccc(OCCC(=O)N2CCNCC2)cc1. The van der Waals surface area contributed by atoms with Gasteiger partial charge in [0.25, 0.3) is 0 Å². The van der Waals surface area contributed by atoms with Crippen molar-refractivity contribution in [3.63, 3.8) is 0 Å². The minimum absolute atomic E-state index is 0.185. The van der Waals surface area contributed by atoms with Crippen molar-refractivity contribution in [1.82, 2.24) is 10.2 Å². The number of carbonyl (C=O) groups is 1. The van der Waals surface area contributed by atoms with Gasteiger partial charge in [-0.3, -0.25) is 4.79 Å². The Morgan fingerprint density at radius 1 is 1.25 bits per heavy atom. The van der Waals surface area contributed by atoms with Crippen LogP contribution in [0.5, 0.6) is 5.75 Å². The van der Waals surface area contributed by atoms with E-state index in [1.165, 1.54) is 5.56 Å². The highest BCUT2D eigenvalue weighted by atomic mass is 16.5. The Bertz CT molecular complexity index is 423. The second-order valence-corrected chi connectivity index (χ2v) is 5.45. The third-order valence-electron chi connectivity index (χ3n) is 3.60. The average Bonchev–Trinajstić information content (AvgIpc) is 2.48. The smallest absolute Gasteiger partial charge is 0.226 e. The third-order valence-corrected chi connectivity index (χ3v) is 3.60. The lowest BCUT2D eigenvalue weighted by Gasteiger charge is -2.27. The fraction of sp³-hybridized carbons (Fsp3) is 0.562. The maximum absolute atomic E-state index is 11.9. The molecule has 0 atom stereocenters. The summed E-state index contributed by atoms with van der Waals surface area (Å²) in [5.74, 6) is 1.55. The van der Waals surface area contributed by atoms with Crippen LogP contribution in [-0.4, -0.2) is 43.6 Å². The van der Waals surface area contributed by atoms with E-state index in [9.17, 15) is 4.79 Å². The van der Waals surface area contributed by atoms with Crippen LogP contribution in [-0.2, 0) is 4.79 Å². The highest BCUT2D eigenvalue weighted by Crippen LogP contribution is 2.18. The van der Waals surface area contributed by atoms with E-state index in [4.69, 9.17) is 4.74 Å². The van der Waals surface area contributed by atoms with Crippen LogP contribution >= 0.6 is 0 Å². The Morgan fingerprint density at radius 3 is 2.50 bits per heavy atom. The van der Waals surface area contributed by atoms with E-state index in [0.717, 1.165) is 31.9 Å². The molecule has 1 fully saturated rings. The zero-order chi connectivity index (χ0) is 14.4. The molecule has 1 N–H and O–H groups in total. The first-order valence-electron chi connectivity index (χ1n) is 7.38. The zero-order valence-corrected chi connectivity index (χ0v) is 12.4. The molecule has 1 heterocycles. The van der Waals surface area contributed by atoms with Gasteiger partial charge in [0.05, 0.1) is 13.0 Å². The van der Waals surface area contributed by atoms with Gasteiger partial charge >= 0.3 is 0 Å². The molecule has 20 heavy (non-hydrogen) atoms. The van der Waals surface area contributed by atoms with Crippen molar-refractivity contribution >= 4 is 5.91 Å². The molecule has 1 saturated heterocycles. The quantitative estimate of drug-likeness (QED) is 0.894. The zero-order valence-electron chi connectivity index (χ0n) is 12.4. The molecule has 1 aliphatic heterocycles. The van der Waals surface area contributed by atoms with Crippen LogP contribution in [0.25, 0.3) is 0 Å². The predicted molar refractivity (Wildman–Crippen MR) is 80.1 cm³/mol. The Hall–Kier alpha value is -1.55. The van der Waals surface area contributed by atoms with Crippen LogP contribution in [0, 0.1) is 0 Å². The van der Waals surface area contributed by atoms with Gasteiger partial charge in [-0.25, -0.2) is 0 Å². The van der Waals surface area contributed by atoms with Gasteiger partial charge < -0.3 is 15.0 Å². The van der Waals surface area contributed by atoms with E-state index in [2.05, 4.69) is 31.3 Å². The molecule has 1 aliphatic rings. The molecule has 1 aromatic rings. The molecule has 0 bridgehead atoms. The van der Waals surface area contributed by atoms with Gasteiger partial charge in [0.15, 0.2) is 0 Å². The number of carbonyl (C=O) groups excluding carboxylic acids is 1. The van der Waals surface area contributed by atoms with Gasteiger partial charge in [-0.1, -0.05) is 26.0 Å². The van der Waals surface area contributed by atoms with E-state index < -0.39 is 0 Å². The van der Waals surface area contributed by atoms with Crippen LogP contribution in [0.2, 0.25) is 0 Å². The number of hydrogen-bond acceptors (Lipinski definition) is 3. The molecule has 2 rings (SSSR count). The fourth-order valence-electron chi connectivity index (χ4n) is 2.28. The van der Waals surface area contributed by atoms with Gasteiger partial charge in [0.1, 0.15) is 5.75 Å². The van der Waals surface area contributed by atoms with Crippen molar-refractivity contribution in [2.24, 2.45) is 0 Å². The summed E-state index contributed by atoms with van der Waals surface area (Å²) in [5, 5.41) is 3.24. The highest BCUT2D eigenvalue weighted by molar-refractivity contribution is 5.76. The molecule has 0 aromatic heterocycles. The molecule has 4 heteroatoms. The molecular weight excluding hydrogens is 252 g/mol. The van der Waals surface area contributed by atoms with Crippen molar-refractivity contribution < 1.29 is 9.53 Å². The number of nitrogens with zero attached hydrogens (tertiary/aromatic N) is 1. The maximum Gasteiger partial charge on any atom is 0.226 e. The minimum Gasteiger partial charge on any atom is -0.493 e. The minimum atomic E-state index is 0.185. The van der Waals surface area contributed by atoms with Crippen molar-refractivity contribution in [1.29, 1.82) is 0 Å². The lowest BCUT2D eigenvalue weighted by molar-refractivity contribution is -0.132. The Balaban J connectivity index is 1.73. The number of benzene rings is 1. The molecule has 0 radical (unpaired) electrons. The number of ether oxygens (including phenoxy) is 1. The number of nitrogens with one attached hydrogen (secondary N) is 1. The van der Waals surface area contributed by atoms with Crippen LogP contribution in [0.3, 0.4) is 0 Å². The van der Waals surface area contributed by atoms with E-state index in [-0.39, 0.29) is 5.91 Å². The molecule has 110 valence electrons. The van der Waals surface area contributed by atoms with Gasteiger partial charge in [-0.05, 0) is 23.6 Å². The monoisotopic (exact) mass is 276 g/mol. The van der Waals surface area contributed by atoms with Crippen LogP contribution in [0.4, 0.5) is 0 Å². The molecule has 0 spiro atoms. The average molecular weight is 276 g/mol. The Kier molecular flexibility index (Phi) is 5.41. The summed E-state index contributed by atoms with van der Waals surface area (Å²) < 4.78 is 5.64. The Morgan fingerprint density at radius 2 is 1.90 bits per heavy atom. The second-order valence-electron chi connectivity index (χ2n) is 5.45. The standard InChI is InChI=1S/C16H24N2O2/c1-13(2)14-3-5-15(6-4-14)20-12-7-16(19)18-10-8-17-9-11-18/h3-6,13,17H,7-12H2,1-2H3. The van der Waals surface area contributed by atoms with Crippen LogP contribution in [0.1, 0.15) is 31.7 Å². The summed E-state index contributed by atoms with van der Waals surface area (Å²) in [6.07, 6.45) is 0.450. The molecule has 0 aliphatic carbocycles. The summed E-state index contributed by atoms with van der Waals surface area (Å²) in [6, 6.07) is 8.12. The Labute approximate surface area is 121 Å². The van der Waals surface area contributed by atoms with Crippen LogP contribution in [0.15, 0.2) is 24.3 Å². The van der Waals surface area contributed by atoms with Gasteiger partial charge in [0.2, 0.25) is 5.91 Å². The summed E-state index contributed by atoms with van der Waals surface area (Å²) in [6.45, 7) is 8.18. The first kappa shape index (κ1) is 14.9. The second kappa shape index (κ2) is 7.29. The van der Waals surface area contributed by atoms with Crippen molar-refractivity contribution in [2.45, 2.75) is 26.2 Å². The summed E-state index contributed by atoms with van der Waals surface area (Å²) in [4.78, 5) is 13.9. The summed E-state index contributed by atoms with van der Waals surface area (Å²) >= 11 is 0. The van der Waals surface area contributed by atoms with Gasteiger partial charge in [-0.2, -0.15) is 0 Å². The van der Waals surface area contributed by atoms with Crippen molar-refractivity contribution in [3.05, 3.63) is 29.8 Å². The van der Waals surface area contributed by atoms with Crippen LogP contribution < -0.4 is 10.1 Å². The topological polar surface area (TPSA) is 41.6 Å². The summed E-state index contributed by atoms with van der Waals surface area (Å²) in [5.41, 5.74) is 1.30. The van der Waals surface area contributed by atoms with Crippen molar-refractivity contribution in [3.8, 4) is 5.75 Å². The normalized spacial score (nSPS) is 15.4. The lowest BCUT2D eigenvalue weighted by atomic mass is 10.0. The number of amides is 1. The number of piperazine rings is 1.